The number of nitrogen functional groups attached to an aromatic ring is 1. The molecular weight excluding hydrogens is 316 g/mol. The molecule has 0 radical (unpaired) electrons. The number of rotatable bonds is 6. The van der Waals surface area contributed by atoms with Crippen molar-refractivity contribution >= 4 is 11.8 Å². The molecule has 0 bridgehead atoms. The average Bonchev–Trinajstić information content (AvgIpc) is 2.54. The number of hydrogen-bond donors (Lipinski definition) is 2. The van der Waals surface area contributed by atoms with Gasteiger partial charge in [0.1, 0.15) is 11.5 Å². The van der Waals surface area contributed by atoms with Crippen LogP contribution >= 0.6 is 0 Å². The van der Waals surface area contributed by atoms with Crippen molar-refractivity contribution < 1.29 is 9.47 Å². The quantitative estimate of drug-likeness (QED) is 0.816. The van der Waals surface area contributed by atoms with Gasteiger partial charge in [-0.1, -0.05) is 13.8 Å². The first-order valence-electron chi connectivity index (χ1n) is 8.73. The molecule has 0 atom stereocenters. The van der Waals surface area contributed by atoms with E-state index in [4.69, 9.17) is 15.2 Å². The highest BCUT2D eigenvalue weighted by Crippen LogP contribution is 2.37. The fraction of sp³-hybridized carbons (Fsp3) is 0.474. The van der Waals surface area contributed by atoms with Gasteiger partial charge in [-0.25, -0.2) is 4.98 Å². The third-order valence-electron chi connectivity index (χ3n) is 4.59. The molecule has 0 unspecified atom stereocenters. The van der Waals surface area contributed by atoms with Crippen molar-refractivity contribution in [1.29, 1.82) is 0 Å². The second kappa shape index (κ2) is 7.17. The summed E-state index contributed by atoms with van der Waals surface area (Å²) in [6.07, 6.45) is 5.19. The predicted octanol–water partition coefficient (Wildman–Crippen LogP) is 4.26. The lowest BCUT2D eigenvalue weighted by Crippen LogP contribution is -2.28. The minimum absolute atomic E-state index is 0.307. The minimum Gasteiger partial charge on any atom is -0.496 e. The van der Waals surface area contributed by atoms with E-state index in [0.29, 0.717) is 35.2 Å². The van der Waals surface area contributed by atoms with Gasteiger partial charge in [-0.05, 0) is 49.3 Å². The van der Waals surface area contributed by atoms with Crippen LogP contribution in [0.25, 0.3) is 0 Å². The lowest BCUT2D eigenvalue weighted by Gasteiger charge is -2.26. The van der Waals surface area contributed by atoms with Gasteiger partial charge in [0.15, 0.2) is 11.6 Å². The minimum atomic E-state index is 0.307. The summed E-state index contributed by atoms with van der Waals surface area (Å²) in [4.78, 5) is 8.66. The first kappa shape index (κ1) is 17.3. The third kappa shape index (κ3) is 3.78. The molecule has 1 aromatic heterocycles. The molecule has 2 aromatic rings. The summed E-state index contributed by atoms with van der Waals surface area (Å²) in [6, 6.07) is 4.44. The highest BCUT2D eigenvalue weighted by Gasteiger charge is 2.19. The smallest absolute Gasteiger partial charge is 0.225 e. The van der Waals surface area contributed by atoms with Crippen LogP contribution in [0.2, 0.25) is 0 Å². The third-order valence-corrected chi connectivity index (χ3v) is 4.59. The summed E-state index contributed by atoms with van der Waals surface area (Å²) in [5.74, 6) is 3.13. The number of aryl methyl sites for hydroxylation is 1. The maximum absolute atomic E-state index is 6.08. The SMILES string of the molecule is COc1cc(Oc2cnc(NC3CCC3)nc2N)c(C(C)C)cc1C. The molecule has 1 saturated carbocycles. The van der Waals surface area contributed by atoms with E-state index in [1.807, 2.05) is 13.0 Å². The van der Waals surface area contributed by atoms with Crippen molar-refractivity contribution in [2.24, 2.45) is 0 Å². The summed E-state index contributed by atoms with van der Waals surface area (Å²) < 4.78 is 11.5. The molecule has 0 aliphatic heterocycles. The lowest BCUT2D eigenvalue weighted by atomic mass is 9.93. The Morgan fingerprint density at radius 2 is 1.96 bits per heavy atom. The average molecular weight is 342 g/mol. The van der Waals surface area contributed by atoms with Gasteiger partial charge in [-0.3, -0.25) is 0 Å². The maximum Gasteiger partial charge on any atom is 0.225 e. The Kier molecular flexibility index (Phi) is 4.97. The molecule has 6 nitrogen and oxygen atoms in total. The number of nitrogens with two attached hydrogens (primary N) is 1. The van der Waals surface area contributed by atoms with E-state index < -0.39 is 0 Å². The van der Waals surface area contributed by atoms with Crippen molar-refractivity contribution in [2.45, 2.75) is 52.0 Å². The van der Waals surface area contributed by atoms with Crippen LogP contribution in [0.4, 0.5) is 11.8 Å². The van der Waals surface area contributed by atoms with Crippen LogP contribution in [0.15, 0.2) is 18.3 Å². The molecule has 6 heteroatoms. The largest absolute Gasteiger partial charge is 0.496 e. The second-order valence-electron chi connectivity index (χ2n) is 6.83. The first-order chi connectivity index (χ1) is 12.0. The molecule has 3 rings (SSSR count). The van der Waals surface area contributed by atoms with Crippen LogP contribution in [-0.2, 0) is 0 Å². The number of hydrogen-bond acceptors (Lipinski definition) is 6. The van der Waals surface area contributed by atoms with Gasteiger partial charge in [0.25, 0.3) is 0 Å². The van der Waals surface area contributed by atoms with Crippen LogP contribution < -0.4 is 20.5 Å². The van der Waals surface area contributed by atoms with Crippen LogP contribution in [0.3, 0.4) is 0 Å². The molecule has 25 heavy (non-hydrogen) atoms. The molecule has 1 heterocycles. The zero-order chi connectivity index (χ0) is 18.0. The molecular formula is C19H26N4O2. The molecule has 1 aliphatic rings. The zero-order valence-corrected chi connectivity index (χ0v) is 15.3. The van der Waals surface area contributed by atoms with Crippen LogP contribution in [0.1, 0.15) is 50.2 Å². The zero-order valence-electron chi connectivity index (χ0n) is 15.3. The standard InChI is InChI=1S/C19H26N4O2/c1-11(2)14-8-12(3)15(24-4)9-16(14)25-17-10-21-19(23-18(17)20)22-13-6-5-7-13/h8-11,13H,5-7H2,1-4H3,(H3,20,21,22,23). The number of benzene rings is 1. The van der Waals surface area contributed by atoms with Crippen LogP contribution in [0, 0.1) is 6.92 Å². The Hall–Kier alpha value is -2.50. The number of methoxy groups -OCH3 is 1. The lowest BCUT2D eigenvalue weighted by molar-refractivity contribution is 0.404. The van der Waals surface area contributed by atoms with Gasteiger partial charge < -0.3 is 20.5 Å². The normalized spacial score (nSPS) is 14.3. The number of nitrogens with one attached hydrogen (secondary N) is 1. The number of anilines is 2. The van der Waals surface area contributed by atoms with E-state index in [2.05, 4.69) is 35.2 Å². The second-order valence-corrected chi connectivity index (χ2v) is 6.83. The van der Waals surface area contributed by atoms with Gasteiger partial charge in [0, 0.05) is 12.1 Å². The Labute approximate surface area is 148 Å². The fourth-order valence-electron chi connectivity index (χ4n) is 2.84. The van der Waals surface area contributed by atoms with Gasteiger partial charge in [0.2, 0.25) is 5.95 Å². The topological polar surface area (TPSA) is 82.3 Å². The predicted molar refractivity (Wildman–Crippen MR) is 99.6 cm³/mol. The van der Waals surface area contributed by atoms with E-state index in [-0.39, 0.29) is 0 Å². The highest BCUT2D eigenvalue weighted by molar-refractivity contribution is 5.54. The molecule has 0 spiro atoms. The number of ether oxygens (including phenoxy) is 2. The highest BCUT2D eigenvalue weighted by atomic mass is 16.5. The maximum atomic E-state index is 6.08. The summed E-state index contributed by atoms with van der Waals surface area (Å²) >= 11 is 0. The van der Waals surface area contributed by atoms with E-state index >= 15 is 0 Å². The number of aromatic nitrogens is 2. The molecule has 0 amide bonds. The van der Waals surface area contributed by atoms with Crippen molar-refractivity contribution in [1.82, 2.24) is 9.97 Å². The molecule has 3 N–H and O–H groups in total. The summed E-state index contributed by atoms with van der Waals surface area (Å²) in [5, 5.41) is 3.29. The molecule has 1 fully saturated rings. The molecule has 1 aliphatic carbocycles. The summed E-state index contributed by atoms with van der Waals surface area (Å²) in [5.41, 5.74) is 8.25. The van der Waals surface area contributed by atoms with Crippen molar-refractivity contribution in [2.75, 3.05) is 18.2 Å². The van der Waals surface area contributed by atoms with Gasteiger partial charge >= 0.3 is 0 Å². The van der Waals surface area contributed by atoms with Gasteiger partial charge in [-0.15, -0.1) is 0 Å². The van der Waals surface area contributed by atoms with Crippen molar-refractivity contribution in [3.63, 3.8) is 0 Å². The van der Waals surface area contributed by atoms with Crippen molar-refractivity contribution in [3.8, 4) is 17.2 Å². The van der Waals surface area contributed by atoms with Gasteiger partial charge in [-0.2, -0.15) is 4.98 Å². The Morgan fingerprint density at radius 1 is 1.20 bits per heavy atom. The van der Waals surface area contributed by atoms with Gasteiger partial charge in [0.05, 0.1) is 13.3 Å². The van der Waals surface area contributed by atoms with E-state index in [1.165, 1.54) is 6.42 Å². The summed E-state index contributed by atoms with van der Waals surface area (Å²) in [7, 11) is 1.65. The van der Waals surface area contributed by atoms with Crippen LogP contribution in [-0.4, -0.2) is 23.1 Å². The van der Waals surface area contributed by atoms with Crippen LogP contribution in [0.5, 0.6) is 17.2 Å². The molecule has 134 valence electrons. The Bertz CT molecular complexity index is 757. The monoisotopic (exact) mass is 342 g/mol. The Morgan fingerprint density at radius 3 is 2.52 bits per heavy atom. The molecule has 0 saturated heterocycles. The fourth-order valence-corrected chi connectivity index (χ4v) is 2.84. The van der Waals surface area contributed by atoms with E-state index in [9.17, 15) is 0 Å². The molecule has 1 aromatic carbocycles. The first-order valence-corrected chi connectivity index (χ1v) is 8.73. The number of nitrogens with zero attached hydrogens (tertiary/aromatic N) is 2. The summed E-state index contributed by atoms with van der Waals surface area (Å²) in [6.45, 7) is 6.27. The van der Waals surface area contributed by atoms with E-state index in [0.717, 1.165) is 29.7 Å². The van der Waals surface area contributed by atoms with E-state index in [1.54, 1.807) is 13.3 Å². The van der Waals surface area contributed by atoms with Crippen molar-refractivity contribution in [3.05, 3.63) is 29.5 Å². The Balaban J connectivity index is 1.85.